The topological polar surface area (TPSA) is 93.4 Å². The fraction of sp³-hybridized carbons (Fsp3) is 0.429. The highest BCUT2D eigenvalue weighted by atomic mass is 79.9. The van der Waals surface area contributed by atoms with Crippen LogP contribution in [0, 0.1) is 0 Å². The number of carbonyl (C=O) groups is 2. The number of nitrogens with two attached hydrogens (primary N) is 1. The maximum Gasteiger partial charge on any atom is 0.318 e. The zero-order valence-corrected chi connectivity index (χ0v) is 13.9. The van der Waals surface area contributed by atoms with E-state index >= 15 is 0 Å². The summed E-state index contributed by atoms with van der Waals surface area (Å²) >= 11 is 3.41. The van der Waals surface area contributed by atoms with Crippen molar-refractivity contribution in [2.24, 2.45) is 5.73 Å². The van der Waals surface area contributed by atoms with Crippen LogP contribution in [0.5, 0.6) is 5.75 Å². The number of nitrogens with one attached hydrogen (secondary N) is 2. The van der Waals surface area contributed by atoms with Gasteiger partial charge in [0.25, 0.3) is 5.91 Å². The van der Waals surface area contributed by atoms with Crippen LogP contribution in [0.4, 0.5) is 4.79 Å². The molecule has 0 aromatic heterocycles. The molecule has 1 aromatic carbocycles. The summed E-state index contributed by atoms with van der Waals surface area (Å²) < 4.78 is 6.54. The van der Waals surface area contributed by atoms with E-state index in [1.165, 1.54) is 0 Å². The zero-order chi connectivity index (χ0) is 16.0. The molecule has 0 bridgehead atoms. The fourth-order valence-corrected chi connectivity index (χ4v) is 1.99. The Kier molecular flexibility index (Phi) is 6.64. The number of urea groups is 1. The molecule has 7 heteroatoms. The molecule has 0 aliphatic heterocycles. The number of benzene rings is 1. The summed E-state index contributed by atoms with van der Waals surface area (Å²) in [7, 11) is 0. The molecule has 6 nitrogen and oxygen atoms in total. The predicted octanol–water partition coefficient (Wildman–Crippen LogP) is 1.91. The van der Waals surface area contributed by atoms with E-state index in [0.29, 0.717) is 18.3 Å². The van der Waals surface area contributed by atoms with E-state index in [1.807, 2.05) is 31.3 Å². The smallest absolute Gasteiger partial charge is 0.318 e. The molecule has 21 heavy (non-hydrogen) atoms. The average Bonchev–Trinajstić information content (AvgIpc) is 2.37. The lowest BCUT2D eigenvalue weighted by molar-refractivity contribution is -0.126. The van der Waals surface area contributed by atoms with Gasteiger partial charge in [-0.1, -0.05) is 29.8 Å². The number of hydrogen-bond donors (Lipinski definition) is 3. The van der Waals surface area contributed by atoms with Gasteiger partial charge in [-0.3, -0.25) is 10.1 Å². The number of rotatable bonds is 6. The van der Waals surface area contributed by atoms with Gasteiger partial charge >= 0.3 is 6.03 Å². The SMILES string of the molecule is CC(C)NCc1cc(Br)ccc1OC(C)C(=O)NC(N)=O. The third-order valence-corrected chi connectivity index (χ3v) is 3.14. The van der Waals surface area contributed by atoms with Gasteiger partial charge in [-0.15, -0.1) is 0 Å². The Morgan fingerprint density at radius 1 is 1.33 bits per heavy atom. The normalized spacial score (nSPS) is 12.0. The molecule has 4 N–H and O–H groups in total. The monoisotopic (exact) mass is 357 g/mol. The first kappa shape index (κ1) is 17.5. The second kappa shape index (κ2) is 7.99. The molecule has 0 spiro atoms. The Hall–Kier alpha value is -1.60. The van der Waals surface area contributed by atoms with Gasteiger partial charge in [-0.25, -0.2) is 4.79 Å². The molecule has 0 saturated heterocycles. The molecule has 0 aliphatic carbocycles. The van der Waals surface area contributed by atoms with Crippen LogP contribution in [0.15, 0.2) is 22.7 Å². The van der Waals surface area contributed by atoms with E-state index in [4.69, 9.17) is 10.5 Å². The summed E-state index contributed by atoms with van der Waals surface area (Å²) in [5.74, 6) is 0.00616. The molecule has 1 rings (SSSR count). The van der Waals surface area contributed by atoms with Gasteiger partial charge in [0.2, 0.25) is 0 Å². The van der Waals surface area contributed by atoms with Gasteiger partial charge in [0, 0.05) is 22.6 Å². The van der Waals surface area contributed by atoms with Crippen LogP contribution >= 0.6 is 15.9 Å². The lowest BCUT2D eigenvalue weighted by Crippen LogP contribution is -2.42. The zero-order valence-electron chi connectivity index (χ0n) is 12.3. The summed E-state index contributed by atoms with van der Waals surface area (Å²) in [4.78, 5) is 22.3. The van der Waals surface area contributed by atoms with Crippen LogP contribution < -0.4 is 21.1 Å². The summed E-state index contributed by atoms with van der Waals surface area (Å²) in [6, 6.07) is 4.95. The van der Waals surface area contributed by atoms with E-state index < -0.39 is 18.0 Å². The Balaban J connectivity index is 2.81. The van der Waals surface area contributed by atoms with E-state index in [-0.39, 0.29) is 0 Å². The highest BCUT2D eigenvalue weighted by Crippen LogP contribution is 2.24. The molecule has 0 aliphatic rings. The number of ether oxygens (including phenoxy) is 1. The molecule has 116 valence electrons. The molecule has 1 aromatic rings. The van der Waals surface area contributed by atoms with Crippen LogP contribution in [-0.2, 0) is 11.3 Å². The molecule has 0 heterocycles. The van der Waals surface area contributed by atoms with Crippen molar-refractivity contribution in [1.82, 2.24) is 10.6 Å². The minimum Gasteiger partial charge on any atom is -0.481 e. The fourth-order valence-electron chi connectivity index (χ4n) is 1.58. The molecule has 1 atom stereocenters. The van der Waals surface area contributed by atoms with E-state index in [9.17, 15) is 9.59 Å². The molecule has 0 radical (unpaired) electrons. The van der Waals surface area contributed by atoms with Crippen molar-refractivity contribution >= 4 is 27.9 Å². The van der Waals surface area contributed by atoms with Crippen molar-refractivity contribution in [3.8, 4) is 5.75 Å². The van der Waals surface area contributed by atoms with Crippen LogP contribution in [0.1, 0.15) is 26.3 Å². The number of carbonyl (C=O) groups excluding carboxylic acids is 2. The number of halogens is 1. The van der Waals surface area contributed by atoms with Crippen molar-refractivity contribution in [2.75, 3.05) is 0 Å². The highest BCUT2D eigenvalue weighted by molar-refractivity contribution is 9.10. The Bertz CT molecular complexity index is 520. The predicted molar refractivity (Wildman–Crippen MR) is 83.9 cm³/mol. The minimum absolute atomic E-state index is 0.326. The van der Waals surface area contributed by atoms with E-state index in [0.717, 1.165) is 10.0 Å². The second-order valence-corrected chi connectivity index (χ2v) is 5.82. The second-order valence-electron chi connectivity index (χ2n) is 4.90. The quantitative estimate of drug-likeness (QED) is 0.724. The Morgan fingerprint density at radius 2 is 2.00 bits per heavy atom. The molecular weight excluding hydrogens is 338 g/mol. The molecule has 0 saturated carbocycles. The minimum atomic E-state index is -0.895. The first-order valence-electron chi connectivity index (χ1n) is 6.58. The number of amides is 3. The average molecular weight is 358 g/mol. The molecule has 1 unspecified atom stereocenters. The van der Waals surface area contributed by atoms with Gasteiger partial charge in [0.05, 0.1) is 0 Å². The number of imide groups is 1. The number of hydrogen-bond acceptors (Lipinski definition) is 4. The van der Waals surface area contributed by atoms with Crippen LogP contribution in [-0.4, -0.2) is 24.1 Å². The summed E-state index contributed by atoms with van der Waals surface area (Å²) in [5.41, 5.74) is 5.83. The van der Waals surface area contributed by atoms with Crippen LogP contribution in [0.25, 0.3) is 0 Å². The van der Waals surface area contributed by atoms with E-state index in [1.54, 1.807) is 13.0 Å². The Morgan fingerprint density at radius 3 is 2.57 bits per heavy atom. The van der Waals surface area contributed by atoms with Crippen molar-refractivity contribution < 1.29 is 14.3 Å². The first-order chi connectivity index (χ1) is 9.79. The molecule has 3 amide bonds. The van der Waals surface area contributed by atoms with Crippen molar-refractivity contribution in [3.05, 3.63) is 28.2 Å². The van der Waals surface area contributed by atoms with Gasteiger partial charge in [-0.2, -0.15) is 0 Å². The van der Waals surface area contributed by atoms with Gasteiger partial charge in [-0.05, 0) is 25.1 Å². The van der Waals surface area contributed by atoms with Crippen molar-refractivity contribution in [2.45, 2.75) is 39.5 Å². The summed E-state index contributed by atoms with van der Waals surface area (Å²) in [6.07, 6.45) is -0.823. The molecule has 0 fully saturated rings. The van der Waals surface area contributed by atoms with E-state index in [2.05, 4.69) is 21.2 Å². The van der Waals surface area contributed by atoms with Crippen LogP contribution in [0.2, 0.25) is 0 Å². The van der Waals surface area contributed by atoms with Crippen LogP contribution in [0.3, 0.4) is 0 Å². The van der Waals surface area contributed by atoms with Crippen molar-refractivity contribution in [1.29, 1.82) is 0 Å². The number of primary amides is 1. The third kappa shape index (κ3) is 6.14. The van der Waals surface area contributed by atoms with Crippen molar-refractivity contribution in [3.63, 3.8) is 0 Å². The standard InChI is InChI=1S/C14H20BrN3O3/c1-8(2)17-7-10-6-11(15)4-5-12(10)21-9(3)13(19)18-14(16)20/h4-6,8-9,17H,7H2,1-3H3,(H3,16,18,19,20). The Labute approximate surface area is 132 Å². The lowest BCUT2D eigenvalue weighted by Gasteiger charge is -2.18. The lowest BCUT2D eigenvalue weighted by atomic mass is 10.2. The summed E-state index contributed by atoms with van der Waals surface area (Å²) in [5, 5.41) is 5.28. The highest BCUT2D eigenvalue weighted by Gasteiger charge is 2.17. The maximum atomic E-state index is 11.6. The first-order valence-corrected chi connectivity index (χ1v) is 7.37. The third-order valence-electron chi connectivity index (χ3n) is 2.64. The largest absolute Gasteiger partial charge is 0.481 e. The van der Waals surface area contributed by atoms with Gasteiger partial charge in [0.15, 0.2) is 6.10 Å². The van der Waals surface area contributed by atoms with Gasteiger partial charge < -0.3 is 15.8 Å². The maximum absolute atomic E-state index is 11.6. The van der Waals surface area contributed by atoms with Gasteiger partial charge in [0.1, 0.15) is 5.75 Å². The molecular formula is C14H20BrN3O3. The summed E-state index contributed by atoms with van der Waals surface area (Å²) in [6.45, 7) is 6.25.